The molecule has 1 heterocycles. The molecule has 2 rings (SSSR count). The van der Waals surface area contributed by atoms with E-state index in [1.807, 2.05) is 6.07 Å². The highest BCUT2D eigenvalue weighted by atomic mass is 35.5. The topological polar surface area (TPSA) is 22.1 Å². The Kier molecular flexibility index (Phi) is 5.36. The number of ether oxygens (including phenoxy) is 1. The molecule has 0 aliphatic heterocycles. The fraction of sp³-hybridized carbons (Fsp3) is 0.533. The molecule has 1 aliphatic carbocycles. The third-order valence-corrected chi connectivity index (χ3v) is 3.25. The van der Waals surface area contributed by atoms with E-state index >= 15 is 0 Å². The molecule has 0 saturated heterocycles. The molecular formula is C15H18ClNO. The molecule has 0 aromatic carbocycles. The Morgan fingerprint density at radius 2 is 2.00 bits per heavy atom. The number of nitrogens with zero attached hydrogens (tertiary/aromatic N) is 1. The lowest BCUT2D eigenvalue weighted by molar-refractivity contribution is 0.183. The monoisotopic (exact) mass is 263 g/mol. The maximum absolute atomic E-state index is 5.99. The van der Waals surface area contributed by atoms with Gasteiger partial charge >= 0.3 is 0 Å². The van der Waals surface area contributed by atoms with Crippen LogP contribution >= 0.6 is 11.6 Å². The highest BCUT2D eigenvalue weighted by Crippen LogP contribution is 2.22. The van der Waals surface area contributed by atoms with E-state index in [4.69, 9.17) is 16.3 Å². The van der Waals surface area contributed by atoms with Gasteiger partial charge in [0, 0.05) is 11.8 Å². The minimum absolute atomic E-state index is 0.338. The van der Waals surface area contributed by atoms with Gasteiger partial charge in [-0.2, -0.15) is 0 Å². The van der Waals surface area contributed by atoms with Crippen molar-refractivity contribution in [1.82, 2.24) is 4.98 Å². The number of rotatable bonds is 2. The van der Waals surface area contributed by atoms with Crippen LogP contribution < -0.4 is 4.74 Å². The summed E-state index contributed by atoms with van der Waals surface area (Å²) in [5.41, 5.74) is 0.863. The minimum Gasteiger partial charge on any atom is -0.489 e. The summed E-state index contributed by atoms with van der Waals surface area (Å²) in [5.74, 6) is 6.95. The van der Waals surface area contributed by atoms with Crippen LogP contribution in [0, 0.1) is 11.8 Å². The summed E-state index contributed by atoms with van der Waals surface area (Å²) in [6, 6.07) is 1.94. The van der Waals surface area contributed by atoms with Crippen LogP contribution in [0.15, 0.2) is 18.5 Å². The van der Waals surface area contributed by atoms with Gasteiger partial charge in [-0.05, 0) is 31.7 Å². The largest absolute Gasteiger partial charge is 0.489 e. The summed E-state index contributed by atoms with van der Waals surface area (Å²) in [6.07, 6.45) is 11.3. The number of aromatic nitrogens is 1. The summed E-state index contributed by atoms with van der Waals surface area (Å²) < 4.78 is 5.99. The summed E-state index contributed by atoms with van der Waals surface area (Å²) in [6.45, 7) is 0. The van der Waals surface area contributed by atoms with Crippen molar-refractivity contribution >= 4 is 11.6 Å². The second-order valence-corrected chi connectivity index (χ2v) is 4.84. The van der Waals surface area contributed by atoms with Gasteiger partial charge < -0.3 is 4.74 Å². The van der Waals surface area contributed by atoms with E-state index in [-0.39, 0.29) is 0 Å². The van der Waals surface area contributed by atoms with Gasteiger partial charge in [-0.15, -0.1) is 11.6 Å². The Balaban J connectivity index is 1.99. The average molecular weight is 264 g/mol. The molecule has 0 N–H and O–H groups in total. The molecule has 96 valence electrons. The Bertz CT molecular complexity index is 428. The third kappa shape index (κ3) is 4.23. The molecule has 2 nitrogen and oxygen atoms in total. The smallest absolute Gasteiger partial charge is 0.139 e. The summed E-state index contributed by atoms with van der Waals surface area (Å²) in [7, 11) is 0. The molecule has 0 amide bonds. The van der Waals surface area contributed by atoms with Crippen molar-refractivity contribution in [2.75, 3.05) is 5.88 Å². The average Bonchev–Trinajstić information content (AvgIpc) is 2.65. The first-order valence-electron chi connectivity index (χ1n) is 6.55. The predicted molar refractivity (Wildman–Crippen MR) is 74.0 cm³/mol. The van der Waals surface area contributed by atoms with E-state index < -0.39 is 0 Å². The number of alkyl halides is 1. The van der Waals surface area contributed by atoms with Crippen LogP contribution in [-0.2, 0) is 0 Å². The van der Waals surface area contributed by atoms with E-state index in [2.05, 4.69) is 16.8 Å². The van der Waals surface area contributed by atoms with Crippen LogP contribution in [0.1, 0.15) is 44.1 Å². The van der Waals surface area contributed by atoms with E-state index in [0.29, 0.717) is 12.0 Å². The first kappa shape index (κ1) is 13.2. The number of hydrogen-bond donors (Lipinski definition) is 0. The number of halogens is 1. The van der Waals surface area contributed by atoms with Crippen molar-refractivity contribution in [2.45, 2.75) is 44.6 Å². The van der Waals surface area contributed by atoms with Crippen molar-refractivity contribution in [3.8, 4) is 17.6 Å². The fourth-order valence-electron chi connectivity index (χ4n) is 2.24. The first-order chi connectivity index (χ1) is 8.88. The zero-order valence-corrected chi connectivity index (χ0v) is 11.2. The predicted octanol–water partition coefficient (Wildman–Crippen LogP) is 3.77. The minimum atomic E-state index is 0.338. The molecule has 1 aliphatic rings. The maximum atomic E-state index is 5.99. The molecule has 0 spiro atoms. The highest BCUT2D eigenvalue weighted by Gasteiger charge is 2.13. The summed E-state index contributed by atoms with van der Waals surface area (Å²) in [4.78, 5) is 4.16. The zero-order valence-electron chi connectivity index (χ0n) is 10.5. The molecule has 0 bridgehead atoms. The molecule has 1 aromatic heterocycles. The van der Waals surface area contributed by atoms with E-state index in [1.165, 1.54) is 25.7 Å². The van der Waals surface area contributed by atoms with Gasteiger partial charge in [0.05, 0.1) is 18.2 Å². The van der Waals surface area contributed by atoms with Crippen molar-refractivity contribution in [1.29, 1.82) is 0 Å². The van der Waals surface area contributed by atoms with Crippen molar-refractivity contribution in [2.24, 2.45) is 0 Å². The van der Waals surface area contributed by atoms with Gasteiger partial charge in [0.15, 0.2) is 0 Å². The van der Waals surface area contributed by atoms with Gasteiger partial charge in [0.25, 0.3) is 0 Å². The molecule has 1 fully saturated rings. The SMILES string of the molecule is ClCC#Cc1cncc(OC2CCCCCC2)c1. The van der Waals surface area contributed by atoms with Crippen molar-refractivity contribution < 1.29 is 4.74 Å². The lowest BCUT2D eigenvalue weighted by atomic mass is 10.1. The summed E-state index contributed by atoms with van der Waals surface area (Å²) >= 11 is 5.54. The molecule has 0 unspecified atom stereocenters. The normalized spacial score (nSPS) is 16.5. The van der Waals surface area contributed by atoms with Gasteiger partial charge in [-0.3, -0.25) is 4.98 Å². The van der Waals surface area contributed by atoms with Crippen LogP contribution in [-0.4, -0.2) is 17.0 Å². The molecule has 1 aromatic rings. The van der Waals surface area contributed by atoms with Crippen LogP contribution in [0.4, 0.5) is 0 Å². The highest BCUT2D eigenvalue weighted by molar-refractivity contribution is 6.19. The van der Waals surface area contributed by atoms with Crippen molar-refractivity contribution in [3.63, 3.8) is 0 Å². The lowest BCUT2D eigenvalue weighted by Crippen LogP contribution is -2.15. The maximum Gasteiger partial charge on any atom is 0.139 e. The van der Waals surface area contributed by atoms with E-state index in [1.54, 1.807) is 12.4 Å². The second-order valence-electron chi connectivity index (χ2n) is 4.58. The molecule has 0 radical (unpaired) electrons. The Morgan fingerprint density at radius 3 is 2.72 bits per heavy atom. The van der Waals surface area contributed by atoms with Gasteiger partial charge in [-0.1, -0.05) is 24.7 Å². The van der Waals surface area contributed by atoms with E-state index in [0.717, 1.165) is 24.2 Å². The molecule has 18 heavy (non-hydrogen) atoms. The number of hydrogen-bond acceptors (Lipinski definition) is 2. The molecular weight excluding hydrogens is 246 g/mol. The second kappa shape index (κ2) is 7.28. The van der Waals surface area contributed by atoms with Gasteiger partial charge in [0.2, 0.25) is 0 Å². The summed E-state index contributed by atoms with van der Waals surface area (Å²) in [5, 5.41) is 0. The molecule has 0 atom stereocenters. The number of pyridine rings is 1. The van der Waals surface area contributed by atoms with Crippen LogP contribution in [0.25, 0.3) is 0 Å². The quantitative estimate of drug-likeness (QED) is 0.460. The van der Waals surface area contributed by atoms with Crippen LogP contribution in [0.3, 0.4) is 0 Å². The fourth-order valence-corrected chi connectivity index (χ4v) is 2.31. The van der Waals surface area contributed by atoms with Crippen LogP contribution in [0.2, 0.25) is 0 Å². The van der Waals surface area contributed by atoms with Crippen molar-refractivity contribution in [3.05, 3.63) is 24.0 Å². The molecule has 1 saturated carbocycles. The zero-order chi connectivity index (χ0) is 12.6. The molecule has 3 heteroatoms. The van der Waals surface area contributed by atoms with Crippen LogP contribution in [0.5, 0.6) is 5.75 Å². The lowest BCUT2D eigenvalue weighted by Gasteiger charge is -2.16. The standard InChI is InChI=1S/C15H18ClNO/c16-9-5-6-13-10-15(12-17-11-13)18-14-7-3-1-2-4-8-14/h10-12,14H,1-4,7-9H2. The van der Waals surface area contributed by atoms with Gasteiger partial charge in [0.1, 0.15) is 5.75 Å². The van der Waals surface area contributed by atoms with E-state index in [9.17, 15) is 0 Å². The van der Waals surface area contributed by atoms with Gasteiger partial charge in [-0.25, -0.2) is 0 Å². The third-order valence-electron chi connectivity index (χ3n) is 3.12. The first-order valence-corrected chi connectivity index (χ1v) is 7.08. The Labute approximate surface area is 114 Å². The Morgan fingerprint density at radius 1 is 1.22 bits per heavy atom. The Hall–Kier alpha value is -1.20.